The third-order valence-corrected chi connectivity index (χ3v) is 1.35. The molecule has 2 aromatic rings. The Balaban J connectivity index is 2.45. The first-order valence-corrected chi connectivity index (χ1v) is 3.36. The highest BCUT2D eigenvalue weighted by Crippen LogP contribution is 2.07. The fraction of sp³-hybridized carbons (Fsp3) is 0. The van der Waals surface area contributed by atoms with Crippen molar-refractivity contribution < 1.29 is 5.11 Å². The van der Waals surface area contributed by atoms with Crippen LogP contribution < -0.4 is 0 Å². The maximum atomic E-state index is 8.98. The third-order valence-electron chi connectivity index (χ3n) is 1.35. The van der Waals surface area contributed by atoms with Crippen LogP contribution in [0.5, 0.6) is 5.75 Å². The molecule has 2 aromatic heterocycles. The molecule has 1 N–H and O–H groups in total. The molecule has 0 aliphatic rings. The molecule has 2 heterocycles. The summed E-state index contributed by atoms with van der Waals surface area (Å²) in [7, 11) is 0. The highest BCUT2D eigenvalue weighted by molar-refractivity contribution is 5.20. The predicted molar refractivity (Wildman–Crippen MR) is 40.8 cm³/mol. The van der Waals surface area contributed by atoms with E-state index in [-0.39, 0.29) is 5.75 Å². The van der Waals surface area contributed by atoms with Crippen LogP contribution in [-0.4, -0.2) is 24.9 Å². The number of rotatable bonds is 1. The lowest BCUT2D eigenvalue weighted by Gasteiger charge is -1.95. The van der Waals surface area contributed by atoms with Crippen LogP contribution in [0, 0.1) is 0 Å². The van der Waals surface area contributed by atoms with Gasteiger partial charge in [-0.2, -0.15) is 5.10 Å². The van der Waals surface area contributed by atoms with E-state index in [9.17, 15) is 0 Å². The normalized spacial score (nSPS) is 10.0. The zero-order valence-electron chi connectivity index (χ0n) is 6.12. The first-order chi connectivity index (χ1) is 5.86. The smallest absolute Gasteiger partial charge is 0.171 e. The van der Waals surface area contributed by atoms with Gasteiger partial charge in [-0.05, 0) is 0 Å². The standard InChI is InChI=1S/C7H6N4O/c12-6-3-10-11(5-6)7-4-8-1-2-9-7/h1-5,12H. The van der Waals surface area contributed by atoms with Crippen LogP contribution >= 0.6 is 0 Å². The maximum absolute atomic E-state index is 8.98. The Morgan fingerprint density at radius 3 is 2.75 bits per heavy atom. The summed E-state index contributed by atoms with van der Waals surface area (Å²) in [6.45, 7) is 0. The molecule has 0 saturated heterocycles. The number of hydrogen-bond donors (Lipinski definition) is 1. The van der Waals surface area contributed by atoms with Crippen molar-refractivity contribution in [3.63, 3.8) is 0 Å². The summed E-state index contributed by atoms with van der Waals surface area (Å²) < 4.78 is 1.45. The van der Waals surface area contributed by atoms with Crippen LogP contribution in [0.2, 0.25) is 0 Å². The van der Waals surface area contributed by atoms with Gasteiger partial charge in [0.15, 0.2) is 11.6 Å². The lowest BCUT2D eigenvalue weighted by Crippen LogP contribution is -1.97. The van der Waals surface area contributed by atoms with Gasteiger partial charge in [0.25, 0.3) is 0 Å². The molecule has 0 aliphatic heterocycles. The molecule has 0 bridgehead atoms. The second-order valence-corrected chi connectivity index (χ2v) is 2.21. The van der Waals surface area contributed by atoms with Crippen LogP contribution in [0.1, 0.15) is 0 Å². The number of nitrogens with zero attached hydrogens (tertiary/aromatic N) is 4. The van der Waals surface area contributed by atoms with Gasteiger partial charge in [0, 0.05) is 12.4 Å². The van der Waals surface area contributed by atoms with Crippen LogP contribution in [0.25, 0.3) is 5.82 Å². The van der Waals surface area contributed by atoms with E-state index in [1.807, 2.05) is 0 Å². The minimum absolute atomic E-state index is 0.112. The second-order valence-electron chi connectivity index (χ2n) is 2.21. The van der Waals surface area contributed by atoms with E-state index in [0.29, 0.717) is 5.82 Å². The van der Waals surface area contributed by atoms with Gasteiger partial charge >= 0.3 is 0 Å². The van der Waals surface area contributed by atoms with Crippen molar-refractivity contribution in [3.8, 4) is 11.6 Å². The molecule has 5 heteroatoms. The largest absolute Gasteiger partial charge is 0.505 e. The summed E-state index contributed by atoms with van der Waals surface area (Å²) in [5.41, 5.74) is 0. The Bertz CT molecular complexity index is 370. The van der Waals surface area contributed by atoms with Crippen molar-refractivity contribution in [2.45, 2.75) is 0 Å². The molecule has 0 radical (unpaired) electrons. The molecule has 0 spiro atoms. The van der Waals surface area contributed by atoms with Crippen LogP contribution in [-0.2, 0) is 0 Å². The molecule has 0 atom stereocenters. The minimum atomic E-state index is 0.112. The first kappa shape index (κ1) is 6.78. The SMILES string of the molecule is Oc1cnn(-c2cnccn2)c1. The van der Waals surface area contributed by atoms with Crippen molar-refractivity contribution in [2.24, 2.45) is 0 Å². The third kappa shape index (κ3) is 1.12. The van der Waals surface area contributed by atoms with Crippen LogP contribution in [0.15, 0.2) is 31.0 Å². The summed E-state index contributed by atoms with van der Waals surface area (Å²) in [5, 5.41) is 12.8. The Morgan fingerprint density at radius 1 is 1.25 bits per heavy atom. The van der Waals surface area contributed by atoms with Crippen molar-refractivity contribution in [1.29, 1.82) is 0 Å². The fourth-order valence-electron chi connectivity index (χ4n) is 0.848. The molecule has 60 valence electrons. The highest BCUT2D eigenvalue weighted by atomic mass is 16.3. The average Bonchev–Trinajstić information content (AvgIpc) is 2.54. The van der Waals surface area contributed by atoms with Crippen molar-refractivity contribution in [3.05, 3.63) is 31.0 Å². The second kappa shape index (κ2) is 2.61. The van der Waals surface area contributed by atoms with Gasteiger partial charge in [-0.25, -0.2) is 9.67 Å². The monoisotopic (exact) mass is 162 g/mol. The van der Waals surface area contributed by atoms with Gasteiger partial charge < -0.3 is 5.11 Å². The van der Waals surface area contributed by atoms with Gasteiger partial charge in [-0.3, -0.25) is 4.98 Å². The Morgan fingerprint density at radius 2 is 2.17 bits per heavy atom. The Kier molecular flexibility index (Phi) is 1.48. The summed E-state index contributed by atoms with van der Waals surface area (Å²) in [4.78, 5) is 7.85. The summed E-state index contributed by atoms with van der Waals surface area (Å²) >= 11 is 0. The molecule has 0 saturated carbocycles. The van der Waals surface area contributed by atoms with E-state index in [1.165, 1.54) is 17.1 Å². The molecule has 12 heavy (non-hydrogen) atoms. The van der Waals surface area contributed by atoms with Gasteiger partial charge in [0.1, 0.15) is 0 Å². The van der Waals surface area contributed by atoms with E-state index in [2.05, 4.69) is 15.1 Å². The highest BCUT2D eigenvalue weighted by Gasteiger charge is 1.98. The van der Waals surface area contributed by atoms with E-state index in [0.717, 1.165) is 0 Å². The van der Waals surface area contributed by atoms with Crippen LogP contribution in [0.4, 0.5) is 0 Å². The van der Waals surface area contributed by atoms with Crippen molar-refractivity contribution >= 4 is 0 Å². The molecule has 2 rings (SSSR count). The topological polar surface area (TPSA) is 63.8 Å². The fourth-order valence-corrected chi connectivity index (χ4v) is 0.848. The van der Waals surface area contributed by atoms with Gasteiger partial charge in [-0.15, -0.1) is 0 Å². The lowest BCUT2D eigenvalue weighted by molar-refractivity contribution is 0.475. The maximum Gasteiger partial charge on any atom is 0.171 e. The zero-order valence-corrected chi connectivity index (χ0v) is 6.12. The molecule has 0 amide bonds. The van der Waals surface area contributed by atoms with E-state index in [4.69, 9.17) is 5.11 Å². The molecule has 5 nitrogen and oxygen atoms in total. The zero-order chi connectivity index (χ0) is 8.39. The first-order valence-electron chi connectivity index (χ1n) is 3.36. The van der Waals surface area contributed by atoms with Gasteiger partial charge in [-0.1, -0.05) is 0 Å². The number of aromatic hydroxyl groups is 1. The van der Waals surface area contributed by atoms with Crippen LogP contribution in [0.3, 0.4) is 0 Å². The summed E-state index contributed by atoms with van der Waals surface area (Å²) in [6.07, 6.45) is 7.51. The number of hydrogen-bond acceptors (Lipinski definition) is 4. The number of aromatic nitrogens is 4. The summed E-state index contributed by atoms with van der Waals surface area (Å²) in [5.74, 6) is 0.693. The van der Waals surface area contributed by atoms with Gasteiger partial charge in [0.2, 0.25) is 0 Å². The van der Waals surface area contributed by atoms with Gasteiger partial charge in [0.05, 0.1) is 18.6 Å². The minimum Gasteiger partial charge on any atom is -0.505 e. The Hall–Kier alpha value is -1.91. The molecular weight excluding hydrogens is 156 g/mol. The van der Waals surface area contributed by atoms with E-state index in [1.54, 1.807) is 18.6 Å². The summed E-state index contributed by atoms with van der Waals surface area (Å²) in [6, 6.07) is 0. The van der Waals surface area contributed by atoms with E-state index < -0.39 is 0 Å². The van der Waals surface area contributed by atoms with Crippen molar-refractivity contribution in [2.75, 3.05) is 0 Å². The quantitative estimate of drug-likeness (QED) is 0.657. The van der Waals surface area contributed by atoms with E-state index >= 15 is 0 Å². The van der Waals surface area contributed by atoms with Crippen molar-refractivity contribution in [1.82, 2.24) is 19.7 Å². The molecule has 0 aromatic carbocycles. The Labute approximate surface area is 68.3 Å². The lowest BCUT2D eigenvalue weighted by atomic mass is 10.6. The molecule has 0 fully saturated rings. The average molecular weight is 162 g/mol. The molecule has 0 aliphatic carbocycles. The molecule has 0 unspecified atom stereocenters. The molecular formula is C7H6N4O. The predicted octanol–water partition coefficient (Wildman–Crippen LogP) is 0.368.